The van der Waals surface area contributed by atoms with Crippen molar-refractivity contribution in [3.63, 3.8) is 0 Å². The van der Waals surface area contributed by atoms with Crippen LogP contribution in [0.2, 0.25) is 0 Å². The Kier molecular flexibility index (Phi) is 3.55. The van der Waals surface area contributed by atoms with E-state index in [2.05, 4.69) is 6.92 Å². The number of aryl methyl sites for hydroxylation is 1. The summed E-state index contributed by atoms with van der Waals surface area (Å²) in [6, 6.07) is 1.22. The van der Waals surface area contributed by atoms with E-state index < -0.39 is 0 Å². The van der Waals surface area contributed by atoms with Gasteiger partial charge in [-0.3, -0.25) is 4.79 Å². The van der Waals surface area contributed by atoms with Gasteiger partial charge in [0.1, 0.15) is 5.76 Å². The number of hydrogen-bond acceptors (Lipinski definition) is 3. The predicted molar refractivity (Wildman–Crippen MR) is 49.9 cm³/mol. The van der Waals surface area contributed by atoms with Crippen molar-refractivity contribution in [2.24, 2.45) is 0 Å². The van der Waals surface area contributed by atoms with Crippen LogP contribution in [0, 0.1) is 0 Å². The zero-order chi connectivity index (χ0) is 9.68. The molecule has 3 heteroatoms. The molecule has 0 saturated heterocycles. The van der Waals surface area contributed by atoms with Gasteiger partial charge >= 0.3 is 0 Å². The minimum absolute atomic E-state index is 0.237. The molecule has 0 unspecified atom stereocenters. The lowest BCUT2D eigenvalue weighted by molar-refractivity contribution is 0.395. The molecular weight excluding hydrogens is 168 g/mol. The lowest BCUT2D eigenvalue weighted by Crippen LogP contribution is -2.00. The number of rotatable bonds is 4. The minimum atomic E-state index is -0.363. The largest absolute Gasteiger partial charge is 0.502 e. The van der Waals surface area contributed by atoms with Crippen LogP contribution in [0.1, 0.15) is 31.9 Å². The first-order valence-corrected chi connectivity index (χ1v) is 4.55. The number of aromatic hydroxyl groups is 1. The fraction of sp³-hybridized carbons (Fsp3) is 0.500. The van der Waals surface area contributed by atoms with E-state index in [4.69, 9.17) is 4.42 Å². The maximum atomic E-state index is 11.0. The Morgan fingerprint density at radius 2 is 2.23 bits per heavy atom. The Morgan fingerprint density at radius 1 is 1.46 bits per heavy atom. The molecule has 0 aromatic carbocycles. The molecule has 13 heavy (non-hydrogen) atoms. The third-order valence-electron chi connectivity index (χ3n) is 1.93. The average molecular weight is 182 g/mol. The molecule has 3 nitrogen and oxygen atoms in total. The lowest BCUT2D eigenvalue weighted by atomic mass is 10.1. The zero-order valence-corrected chi connectivity index (χ0v) is 7.75. The highest BCUT2D eigenvalue weighted by Crippen LogP contribution is 2.13. The van der Waals surface area contributed by atoms with Gasteiger partial charge in [-0.05, 0) is 6.42 Å². The van der Waals surface area contributed by atoms with E-state index in [1.54, 1.807) is 0 Å². The van der Waals surface area contributed by atoms with E-state index in [9.17, 15) is 9.90 Å². The van der Waals surface area contributed by atoms with Crippen LogP contribution in [0.4, 0.5) is 0 Å². The monoisotopic (exact) mass is 182 g/mol. The lowest BCUT2D eigenvalue weighted by Gasteiger charge is -2.00. The summed E-state index contributed by atoms with van der Waals surface area (Å²) < 4.78 is 5.04. The van der Waals surface area contributed by atoms with Crippen molar-refractivity contribution in [3.8, 4) is 5.75 Å². The molecule has 0 aliphatic rings. The van der Waals surface area contributed by atoms with E-state index in [1.807, 2.05) is 0 Å². The quantitative estimate of drug-likeness (QED) is 0.725. The van der Waals surface area contributed by atoms with Crippen LogP contribution in [0.25, 0.3) is 0 Å². The van der Waals surface area contributed by atoms with Crippen molar-refractivity contribution in [2.45, 2.75) is 32.6 Å². The van der Waals surface area contributed by atoms with Gasteiger partial charge < -0.3 is 9.52 Å². The molecule has 0 bridgehead atoms. The smallest absolute Gasteiger partial charge is 0.226 e. The number of hydrogen-bond donors (Lipinski definition) is 1. The SMILES string of the molecule is CCCCCc1occc(=O)c1O. The molecule has 1 N–H and O–H groups in total. The second kappa shape index (κ2) is 4.70. The van der Waals surface area contributed by atoms with Crippen LogP contribution in [-0.4, -0.2) is 5.11 Å². The molecule has 72 valence electrons. The molecule has 1 aromatic heterocycles. The summed E-state index contributed by atoms with van der Waals surface area (Å²) in [7, 11) is 0. The van der Waals surface area contributed by atoms with E-state index in [0.717, 1.165) is 19.3 Å². The Balaban J connectivity index is 2.66. The van der Waals surface area contributed by atoms with Gasteiger partial charge in [-0.2, -0.15) is 0 Å². The van der Waals surface area contributed by atoms with Crippen molar-refractivity contribution in [3.05, 3.63) is 28.3 Å². The zero-order valence-electron chi connectivity index (χ0n) is 7.75. The molecule has 1 heterocycles. The van der Waals surface area contributed by atoms with Gasteiger partial charge in [-0.25, -0.2) is 0 Å². The van der Waals surface area contributed by atoms with Crippen LogP contribution >= 0.6 is 0 Å². The Labute approximate surface area is 77.0 Å². The van der Waals surface area contributed by atoms with Crippen molar-refractivity contribution in [1.82, 2.24) is 0 Å². The van der Waals surface area contributed by atoms with Crippen molar-refractivity contribution < 1.29 is 9.52 Å². The van der Waals surface area contributed by atoms with Crippen molar-refractivity contribution >= 4 is 0 Å². The first kappa shape index (κ1) is 9.84. The minimum Gasteiger partial charge on any atom is -0.502 e. The first-order valence-electron chi connectivity index (χ1n) is 4.55. The fourth-order valence-electron chi connectivity index (χ4n) is 1.16. The van der Waals surface area contributed by atoms with Gasteiger partial charge in [0, 0.05) is 12.5 Å². The second-order valence-electron chi connectivity index (χ2n) is 3.01. The van der Waals surface area contributed by atoms with Crippen LogP contribution in [0.15, 0.2) is 21.5 Å². The Bertz CT molecular complexity index is 314. The Morgan fingerprint density at radius 3 is 2.92 bits per heavy atom. The Hall–Kier alpha value is -1.25. The molecule has 0 saturated carbocycles. The van der Waals surface area contributed by atoms with Gasteiger partial charge in [-0.15, -0.1) is 0 Å². The molecule has 0 atom stereocenters. The van der Waals surface area contributed by atoms with Crippen molar-refractivity contribution in [2.75, 3.05) is 0 Å². The summed E-state index contributed by atoms with van der Waals surface area (Å²) in [6.45, 7) is 2.10. The van der Waals surface area contributed by atoms with Gasteiger partial charge in [0.15, 0.2) is 0 Å². The highest BCUT2D eigenvalue weighted by Gasteiger charge is 2.05. The fourth-order valence-corrected chi connectivity index (χ4v) is 1.16. The van der Waals surface area contributed by atoms with Gasteiger partial charge in [0.25, 0.3) is 0 Å². The molecular formula is C10H14O3. The predicted octanol–water partition coefficient (Wildman–Crippen LogP) is 2.08. The van der Waals surface area contributed by atoms with E-state index >= 15 is 0 Å². The van der Waals surface area contributed by atoms with Gasteiger partial charge in [-0.1, -0.05) is 19.8 Å². The molecule has 1 aromatic rings. The highest BCUT2D eigenvalue weighted by molar-refractivity contribution is 5.22. The molecule has 0 fully saturated rings. The number of unbranched alkanes of at least 4 members (excludes halogenated alkanes) is 2. The molecule has 0 aliphatic heterocycles. The summed E-state index contributed by atoms with van der Waals surface area (Å²) in [4.78, 5) is 11.0. The molecule has 0 spiro atoms. The normalized spacial score (nSPS) is 10.2. The van der Waals surface area contributed by atoms with Crippen LogP contribution in [0.3, 0.4) is 0 Å². The van der Waals surface area contributed by atoms with Crippen LogP contribution in [-0.2, 0) is 6.42 Å². The van der Waals surface area contributed by atoms with Crippen molar-refractivity contribution in [1.29, 1.82) is 0 Å². The van der Waals surface area contributed by atoms with Gasteiger partial charge in [0.2, 0.25) is 11.2 Å². The summed E-state index contributed by atoms with van der Waals surface area (Å²) >= 11 is 0. The molecule has 1 rings (SSSR count). The second-order valence-corrected chi connectivity index (χ2v) is 3.01. The van der Waals surface area contributed by atoms with E-state index in [0.29, 0.717) is 12.2 Å². The summed E-state index contributed by atoms with van der Waals surface area (Å²) in [5.41, 5.74) is -0.363. The third kappa shape index (κ3) is 2.61. The maximum Gasteiger partial charge on any atom is 0.226 e. The first-order chi connectivity index (χ1) is 6.25. The van der Waals surface area contributed by atoms with E-state index in [-0.39, 0.29) is 11.2 Å². The third-order valence-corrected chi connectivity index (χ3v) is 1.93. The molecule has 0 amide bonds. The summed E-state index contributed by atoms with van der Waals surface area (Å²) in [6.07, 6.45) is 5.09. The van der Waals surface area contributed by atoms with Gasteiger partial charge in [0.05, 0.1) is 6.26 Å². The van der Waals surface area contributed by atoms with Crippen LogP contribution in [0.5, 0.6) is 5.75 Å². The highest BCUT2D eigenvalue weighted by atomic mass is 16.4. The molecule has 0 aliphatic carbocycles. The standard InChI is InChI=1S/C10H14O3/c1-2-3-4-5-9-10(12)8(11)6-7-13-9/h6-7,12H,2-5H2,1H3. The summed E-state index contributed by atoms with van der Waals surface area (Å²) in [5.74, 6) is 0.166. The average Bonchev–Trinajstić information content (AvgIpc) is 2.13. The van der Waals surface area contributed by atoms with E-state index in [1.165, 1.54) is 12.3 Å². The topological polar surface area (TPSA) is 50.4 Å². The van der Waals surface area contributed by atoms with Crippen LogP contribution < -0.4 is 5.43 Å². The molecule has 0 radical (unpaired) electrons. The summed E-state index contributed by atoms with van der Waals surface area (Å²) in [5, 5.41) is 9.29. The maximum absolute atomic E-state index is 11.0.